The Labute approximate surface area is 186 Å². The Hall–Kier alpha value is -2.60. The molecule has 0 aliphatic carbocycles. The van der Waals surface area contributed by atoms with E-state index >= 15 is 0 Å². The Balaban J connectivity index is 1.23. The second-order valence-corrected chi connectivity index (χ2v) is 8.27. The molecular formula is C24H24ClN3OS. The van der Waals surface area contributed by atoms with Gasteiger partial charge >= 0.3 is 0 Å². The summed E-state index contributed by atoms with van der Waals surface area (Å²) in [6.45, 7) is 2.68. The summed E-state index contributed by atoms with van der Waals surface area (Å²) in [5.41, 5.74) is 3.35. The number of halogens is 1. The molecule has 4 aromatic rings. The lowest BCUT2D eigenvalue weighted by Crippen LogP contribution is -2.17. The minimum absolute atomic E-state index is 0.704. The number of aromatic nitrogens is 1. The van der Waals surface area contributed by atoms with Gasteiger partial charge in [0.15, 0.2) is 0 Å². The van der Waals surface area contributed by atoms with Gasteiger partial charge in [0.25, 0.3) is 0 Å². The first kappa shape index (κ1) is 20.7. The third-order valence-electron chi connectivity index (χ3n) is 4.96. The van der Waals surface area contributed by atoms with Gasteiger partial charge in [0.05, 0.1) is 11.8 Å². The molecule has 154 valence electrons. The molecule has 0 saturated heterocycles. The Morgan fingerprint density at radius 1 is 1.00 bits per heavy atom. The van der Waals surface area contributed by atoms with Gasteiger partial charge in [-0.25, -0.2) is 0 Å². The van der Waals surface area contributed by atoms with Crippen LogP contribution < -0.4 is 15.4 Å². The van der Waals surface area contributed by atoms with Crippen LogP contribution in [0.4, 0.5) is 5.82 Å². The number of anilines is 1. The van der Waals surface area contributed by atoms with Crippen LogP contribution in [-0.4, -0.2) is 24.6 Å². The fraction of sp³-hybridized carbons (Fsp3) is 0.208. The molecule has 0 amide bonds. The van der Waals surface area contributed by atoms with E-state index in [1.165, 1.54) is 27.2 Å². The number of nitrogens with zero attached hydrogens (tertiary/aromatic N) is 1. The Morgan fingerprint density at radius 3 is 2.67 bits per heavy atom. The van der Waals surface area contributed by atoms with Crippen LogP contribution in [0, 0.1) is 0 Å². The van der Waals surface area contributed by atoms with Crippen LogP contribution in [0.25, 0.3) is 21.2 Å². The molecule has 0 bridgehead atoms. The van der Waals surface area contributed by atoms with Crippen LogP contribution in [0.15, 0.2) is 66.7 Å². The molecule has 4 nitrogen and oxygen atoms in total. The summed E-state index contributed by atoms with van der Waals surface area (Å²) >= 11 is 7.69. The highest BCUT2D eigenvalue weighted by Crippen LogP contribution is 2.32. The zero-order valence-electron chi connectivity index (χ0n) is 16.8. The van der Waals surface area contributed by atoms with Crippen molar-refractivity contribution >= 4 is 39.0 Å². The molecule has 0 radical (unpaired) electrons. The number of methoxy groups -OCH3 is 1. The van der Waals surface area contributed by atoms with Gasteiger partial charge in [-0.2, -0.15) is 4.37 Å². The molecule has 0 unspecified atom stereocenters. The van der Waals surface area contributed by atoms with Crippen molar-refractivity contribution in [3.05, 3.63) is 77.3 Å². The average Bonchev–Trinajstić information content (AvgIpc) is 3.20. The van der Waals surface area contributed by atoms with E-state index in [0.29, 0.717) is 5.02 Å². The molecular weight excluding hydrogens is 414 g/mol. The van der Waals surface area contributed by atoms with Crippen molar-refractivity contribution in [1.82, 2.24) is 9.69 Å². The predicted octanol–water partition coefficient (Wildman–Crippen LogP) is 6.22. The van der Waals surface area contributed by atoms with Gasteiger partial charge < -0.3 is 15.4 Å². The van der Waals surface area contributed by atoms with Gasteiger partial charge in [-0.1, -0.05) is 48.0 Å². The monoisotopic (exact) mass is 437 g/mol. The second-order valence-electron chi connectivity index (χ2n) is 7.03. The molecule has 4 rings (SSSR count). The Kier molecular flexibility index (Phi) is 6.84. The number of hydrogen-bond donors (Lipinski definition) is 2. The van der Waals surface area contributed by atoms with Crippen LogP contribution >= 0.6 is 23.1 Å². The van der Waals surface area contributed by atoms with Gasteiger partial charge in [0.1, 0.15) is 11.6 Å². The van der Waals surface area contributed by atoms with Crippen molar-refractivity contribution in [2.75, 3.05) is 25.5 Å². The molecule has 0 atom stereocenters. The molecule has 0 aliphatic rings. The van der Waals surface area contributed by atoms with Gasteiger partial charge in [-0.15, -0.1) is 0 Å². The number of fused-ring (bicyclic) bond motifs is 1. The third kappa shape index (κ3) is 4.93. The molecule has 30 heavy (non-hydrogen) atoms. The average molecular weight is 438 g/mol. The lowest BCUT2D eigenvalue weighted by Gasteiger charge is -2.10. The number of rotatable bonds is 9. The van der Waals surface area contributed by atoms with E-state index < -0.39 is 0 Å². The van der Waals surface area contributed by atoms with E-state index in [-0.39, 0.29) is 0 Å². The van der Waals surface area contributed by atoms with E-state index in [4.69, 9.17) is 16.3 Å². The van der Waals surface area contributed by atoms with Crippen LogP contribution in [0.2, 0.25) is 5.02 Å². The number of hydrogen-bond acceptors (Lipinski definition) is 5. The molecule has 0 fully saturated rings. The predicted molar refractivity (Wildman–Crippen MR) is 128 cm³/mol. The van der Waals surface area contributed by atoms with Crippen LogP contribution in [0.3, 0.4) is 0 Å². The number of ether oxygens (including phenoxy) is 1. The highest BCUT2D eigenvalue weighted by Gasteiger charge is 2.07. The van der Waals surface area contributed by atoms with E-state index in [1.54, 1.807) is 7.11 Å². The molecule has 1 aromatic heterocycles. The lowest BCUT2D eigenvalue weighted by atomic mass is 10.0. The van der Waals surface area contributed by atoms with Crippen molar-refractivity contribution in [2.45, 2.75) is 13.0 Å². The minimum Gasteiger partial charge on any atom is -0.496 e. The van der Waals surface area contributed by atoms with Crippen molar-refractivity contribution in [2.24, 2.45) is 0 Å². The second kappa shape index (κ2) is 9.94. The smallest absolute Gasteiger partial charge is 0.147 e. The first-order chi connectivity index (χ1) is 14.7. The zero-order chi connectivity index (χ0) is 20.8. The lowest BCUT2D eigenvalue weighted by molar-refractivity contribution is 0.416. The fourth-order valence-electron chi connectivity index (χ4n) is 3.37. The van der Waals surface area contributed by atoms with Crippen LogP contribution in [0.5, 0.6) is 5.75 Å². The van der Waals surface area contributed by atoms with Crippen molar-refractivity contribution in [3.63, 3.8) is 0 Å². The van der Waals surface area contributed by atoms with Gasteiger partial charge in [0, 0.05) is 29.1 Å². The summed E-state index contributed by atoms with van der Waals surface area (Å²) in [6, 6.07) is 22.5. The Bertz CT molecular complexity index is 1110. The quantitative estimate of drug-likeness (QED) is 0.305. The molecule has 1 heterocycles. The van der Waals surface area contributed by atoms with E-state index in [0.717, 1.165) is 48.7 Å². The first-order valence-corrected chi connectivity index (χ1v) is 11.1. The summed E-state index contributed by atoms with van der Waals surface area (Å²) in [5, 5.41) is 8.86. The molecule has 0 aliphatic heterocycles. The van der Waals surface area contributed by atoms with Crippen LogP contribution in [-0.2, 0) is 6.54 Å². The molecule has 0 spiro atoms. The van der Waals surface area contributed by atoms with Crippen molar-refractivity contribution in [3.8, 4) is 16.9 Å². The molecule has 6 heteroatoms. The summed E-state index contributed by atoms with van der Waals surface area (Å²) in [4.78, 5) is 0. The first-order valence-electron chi connectivity index (χ1n) is 9.96. The highest BCUT2D eigenvalue weighted by atomic mass is 35.5. The van der Waals surface area contributed by atoms with E-state index in [1.807, 2.05) is 24.3 Å². The largest absolute Gasteiger partial charge is 0.496 e. The van der Waals surface area contributed by atoms with Crippen molar-refractivity contribution < 1.29 is 4.74 Å². The SMILES string of the molecule is COc1ccc(Cl)cc1-c1ccc(CNCCCNc2nsc3ccccc23)cc1. The van der Waals surface area contributed by atoms with E-state index in [9.17, 15) is 0 Å². The van der Waals surface area contributed by atoms with Gasteiger partial charge in [0.2, 0.25) is 0 Å². The highest BCUT2D eigenvalue weighted by molar-refractivity contribution is 7.13. The Morgan fingerprint density at radius 2 is 1.83 bits per heavy atom. The van der Waals surface area contributed by atoms with Gasteiger partial charge in [-0.05, 0) is 66.0 Å². The third-order valence-corrected chi connectivity index (χ3v) is 6.02. The summed E-state index contributed by atoms with van der Waals surface area (Å²) < 4.78 is 11.2. The topological polar surface area (TPSA) is 46.2 Å². The fourth-order valence-corrected chi connectivity index (χ4v) is 4.30. The van der Waals surface area contributed by atoms with E-state index in [2.05, 4.69) is 57.5 Å². The zero-order valence-corrected chi connectivity index (χ0v) is 18.4. The molecule has 0 saturated carbocycles. The molecule has 3 aromatic carbocycles. The van der Waals surface area contributed by atoms with Gasteiger partial charge in [-0.3, -0.25) is 0 Å². The maximum absolute atomic E-state index is 6.15. The van der Waals surface area contributed by atoms with Crippen molar-refractivity contribution in [1.29, 1.82) is 0 Å². The summed E-state index contributed by atoms with van der Waals surface area (Å²) in [7, 11) is 1.68. The maximum Gasteiger partial charge on any atom is 0.147 e. The number of benzene rings is 3. The minimum atomic E-state index is 0.704. The summed E-state index contributed by atoms with van der Waals surface area (Å²) in [6.07, 6.45) is 1.03. The standard InChI is InChI=1S/C24H24ClN3OS/c1-29-22-12-11-19(25)15-21(22)18-9-7-17(8-10-18)16-26-13-4-14-27-24-20-5-2-3-6-23(20)30-28-24/h2-3,5-12,15,26H,4,13-14,16H2,1H3,(H,27,28). The molecule has 2 N–H and O–H groups in total. The summed E-state index contributed by atoms with van der Waals surface area (Å²) in [5.74, 6) is 1.81. The number of nitrogens with one attached hydrogen (secondary N) is 2. The van der Waals surface area contributed by atoms with Crippen LogP contribution in [0.1, 0.15) is 12.0 Å². The maximum atomic E-state index is 6.15. The normalized spacial score (nSPS) is 11.0.